The minimum absolute atomic E-state index is 0.588. The standard InChI is InChI=1S/C15H17ClN2/c16-13-8-9-14(15-12(13)7-4-10-17-15)18-11-5-2-1-3-6-11/h4,7-11,18H,1-3,5-6H2. The molecule has 18 heavy (non-hydrogen) atoms. The highest BCUT2D eigenvalue weighted by atomic mass is 35.5. The molecule has 1 aromatic carbocycles. The van der Waals surface area contributed by atoms with Crippen LogP contribution >= 0.6 is 11.6 Å². The largest absolute Gasteiger partial charge is 0.381 e. The summed E-state index contributed by atoms with van der Waals surface area (Å²) in [5, 5.41) is 5.43. The van der Waals surface area contributed by atoms with Gasteiger partial charge in [-0.15, -0.1) is 0 Å². The van der Waals surface area contributed by atoms with Gasteiger partial charge in [-0.3, -0.25) is 4.98 Å². The van der Waals surface area contributed by atoms with Crippen LogP contribution in [0.4, 0.5) is 5.69 Å². The number of benzene rings is 1. The molecule has 0 aliphatic heterocycles. The Morgan fingerprint density at radius 1 is 1.11 bits per heavy atom. The van der Waals surface area contributed by atoms with Gasteiger partial charge in [-0.25, -0.2) is 0 Å². The molecule has 3 heteroatoms. The van der Waals surface area contributed by atoms with Crippen molar-refractivity contribution in [1.29, 1.82) is 0 Å². The molecule has 0 spiro atoms. The fraction of sp³-hybridized carbons (Fsp3) is 0.400. The smallest absolute Gasteiger partial charge is 0.0948 e. The minimum Gasteiger partial charge on any atom is -0.381 e. The number of nitrogens with one attached hydrogen (secondary N) is 1. The molecule has 1 saturated carbocycles. The molecule has 2 aromatic rings. The van der Waals surface area contributed by atoms with Gasteiger partial charge < -0.3 is 5.32 Å². The highest BCUT2D eigenvalue weighted by Crippen LogP contribution is 2.30. The summed E-state index contributed by atoms with van der Waals surface area (Å²) >= 11 is 6.20. The Morgan fingerprint density at radius 2 is 1.94 bits per heavy atom. The molecule has 1 aliphatic rings. The van der Waals surface area contributed by atoms with E-state index in [4.69, 9.17) is 11.6 Å². The Bertz CT molecular complexity index is 547. The van der Waals surface area contributed by atoms with Crippen LogP contribution in [0.5, 0.6) is 0 Å². The summed E-state index contributed by atoms with van der Waals surface area (Å²) in [5.41, 5.74) is 2.09. The third-order valence-corrected chi connectivity index (χ3v) is 4.01. The maximum atomic E-state index is 6.20. The zero-order valence-corrected chi connectivity index (χ0v) is 11.1. The molecule has 1 N–H and O–H groups in total. The average Bonchev–Trinajstić information content (AvgIpc) is 2.44. The Labute approximate surface area is 112 Å². The van der Waals surface area contributed by atoms with Gasteiger partial charge in [0.1, 0.15) is 0 Å². The third-order valence-electron chi connectivity index (χ3n) is 3.68. The second-order valence-corrected chi connectivity index (χ2v) is 5.38. The Kier molecular flexibility index (Phi) is 3.37. The number of hydrogen-bond acceptors (Lipinski definition) is 2. The lowest BCUT2D eigenvalue weighted by Crippen LogP contribution is -2.22. The summed E-state index contributed by atoms with van der Waals surface area (Å²) in [5.74, 6) is 0. The zero-order chi connectivity index (χ0) is 12.4. The number of anilines is 1. The van der Waals surface area contributed by atoms with Crippen molar-refractivity contribution in [3.63, 3.8) is 0 Å². The number of halogens is 1. The van der Waals surface area contributed by atoms with Crippen molar-refractivity contribution in [3.8, 4) is 0 Å². The van der Waals surface area contributed by atoms with Crippen molar-refractivity contribution in [2.24, 2.45) is 0 Å². The molecule has 2 nitrogen and oxygen atoms in total. The van der Waals surface area contributed by atoms with Crippen LogP contribution in [0.25, 0.3) is 10.9 Å². The van der Waals surface area contributed by atoms with E-state index in [9.17, 15) is 0 Å². The van der Waals surface area contributed by atoms with E-state index in [-0.39, 0.29) is 0 Å². The van der Waals surface area contributed by atoms with Gasteiger partial charge in [-0.2, -0.15) is 0 Å². The van der Waals surface area contributed by atoms with Crippen LogP contribution in [0.2, 0.25) is 5.02 Å². The summed E-state index contributed by atoms with van der Waals surface area (Å²) in [7, 11) is 0. The molecule has 0 bridgehead atoms. The normalized spacial score (nSPS) is 16.9. The maximum Gasteiger partial charge on any atom is 0.0948 e. The number of pyridine rings is 1. The highest BCUT2D eigenvalue weighted by molar-refractivity contribution is 6.35. The van der Waals surface area contributed by atoms with Crippen molar-refractivity contribution < 1.29 is 0 Å². The molecule has 3 rings (SSSR count). The van der Waals surface area contributed by atoms with E-state index < -0.39 is 0 Å². The number of rotatable bonds is 2. The molecular weight excluding hydrogens is 244 g/mol. The summed E-state index contributed by atoms with van der Waals surface area (Å²) < 4.78 is 0. The van der Waals surface area contributed by atoms with Crippen molar-refractivity contribution in [2.75, 3.05) is 5.32 Å². The quantitative estimate of drug-likeness (QED) is 0.851. The van der Waals surface area contributed by atoms with Crippen molar-refractivity contribution >= 4 is 28.2 Å². The Balaban J connectivity index is 1.94. The van der Waals surface area contributed by atoms with E-state index in [0.29, 0.717) is 6.04 Å². The fourth-order valence-corrected chi connectivity index (χ4v) is 2.94. The predicted octanol–water partition coefficient (Wildman–Crippen LogP) is 4.63. The highest BCUT2D eigenvalue weighted by Gasteiger charge is 2.14. The zero-order valence-electron chi connectivity index (χ0n) is 10.3. The monoisotopic (exact) mass is 260 g/mol. The van der Waals surface area contributed by atoms with E-state index in [2.05, 4.69) is 10.3 Å². The van der Waals surface area contributed by atoms with Crippen molar-refractivity contribution in [2.45, 2.75) is 38.1 Å². The topological polar surface area (TPSA) is 24.9 Å². The molecule has 0 radical (unpaired) electrons. The van der Waals surface area contributed by atoms with E-state index in [0.717, 1.165) is 21.6 Å². The van der Waals surface area contributed by atoms with Crippen molar-refractivity contribution in [1.82, 2.24) is 4.98 Å². The molecule has 1 aliphatic carbocycles. The first-order valence-corrected chi connectivity index (χ1v) is 7.02. The van der Waals surface area contributed by atoms with Crippen LogP contribution in [-0.2, 0) is 0 Å². The summed E-state index contributed by atoms with van der Waals surface area (Å²) in [6, 6.07) is 8.54. The molecule has 1 heterocycles. The van der Waals surface area contributed by atoms with Gasteiger partial charge in [-0.05, 0) is 37.1 Å². The van der Waals surface area contributed by atoms with E-state index in [1.165, 1.54) is 32.1 Å². The second-order valence-electron chi connectivity index (χ2n) is 4.97. The molecule has 0 saturated heterocycles. The molecule has 0 unspecified atom stereocenters. The van der Waals surface area contributed by atoms with Gasteiger partial charge in [0.2, 0.25) is 0 Å². The lowest BCUT2D eigenvalue weighted by atomic mass is 9.95. The lowest BCUT2D eigenvalue weighted by Gasteiger charge is -2.24. The van der Waals surface area contributed by atoms with Gasteiger partial charge in [0.05, 0.1) is 16.2 Å². The first kappa shape index (κ1) is 11.8. The number of nitrogens with zero attached hydrogens (tertiary/aromatic N) is 1. The average molecular weight is 261 g/mol. The van der Waals surface area contributed by atoms with Gasteiger partial charge in [-0.1, -0.05) is 30.9 Å². The maximum absolute atomic E-state index is 6.20. The van der Waals surface area contributed by atoms with Crippen LogP contribution in [0, 0.1) is 0 Å². The Hall–Kier alpha value is -1.28. The van der Waals surface area contributed by atoms with Crippen molar-refractivity contribution in [3.05, 3.63) is 35.5 Å². The first-order chi connectivity index (χ1) is 8.84. The van der Waals surface area contributed by atoms with Crippen LogP contribution in [0.1, 0.15) is 32.1 Å². The predicted molar refractivity (Wildman–Crippen MR) is 77.2 cm³/mol. The van der Waals surface area contributed by atoms with E-state index >= 15 is 0 Å². The molecule has 1 aromatic heterocycles. The van der Waals surface area contributed by atoms with Gasteiger partial charge in [0, 0.05) is 17.6 Å². The van der Waals surface area contributed by atoms with E-state index in [1.54, 1.807) is 0 Å². The van der Waals surface area contributed by atoms with Crippen LogP contribution < -0.4 is 5.32 Å². The SMILES string of the molecule is Clc1ccc(NC2CCCCC2)c2ncccc12. The summed E-state index contributed by atoms with van der Waals surface area (Å²) in [6.07, 6.45) is 8.38. The molecule has 0 atom stereocenters. The van der Waals surface area contributed by atoms with E-state index in [1.807, 2.05) is 30.5 Å². The lowest BCUT2D eigenvalue weighted by molar-refractivity contribution is 0.463. The first-order valence-electron chi connectivity index (χ1n) is 6.64. The fourth-order valence-electron chi connectivity index (χ4n) is 2.72. The second kappa shape index (κ2) is 5.15. The number of aromatic nitrogens is 1. The molecule has 0 amide bonds. The van der Waals surface area contributed by atoms with Crippen LogP contribution in [0.15, 0.2) is 30.5 Å². The molecule has 94 valence electrons. The van der Waals surface area contributed by atoms with Gasteiger partial charge in [0.25, 0.3) is 0 Å². The van der Waals surface area contributed by atoms with Crippen LogP contribution in [-0.4, -0.2) is 11.0 Å². The number of fused-ring (bicyclic) bond motifs is 1. The molecular formula is C15H17ClN2. The summed E-state index contributed by atoms with van der Waals surface area (Å²) in [6.45, 7) is 0. The molecule has 1 fully saturated rings. The Morgan fingerprint density at radius 3 is 2.78 bits per heavy atom. The minimum atomic E-state index is 0.588. The van der Waals surface area contributed by atoms with Gasteiger partial charge in [0.15, 0.2) is 0 Å². The van der Waals surface area contributed by atoms with Crippen LogP contribution in [0.3, 0.4) is 0 Å². The summed E-state index contributed by atoms with van der Waals surface area (Å²) in [4.78, 5) is 4.46. The van der Waals surface area contributed by atoms with Gasteiger partial charge >= 0.3 is 0 Å². The number of hydrogen-bond donors (Lipinski definition) is 1. The third kappa shape index (κ3) is 2.30.